The number of hydrogen-bond donors (Lipinski definition) is 7. The predicted octanol–water partition coefficient (Wildman–Crippen LogP) is 0.281. The van der Waals surface area contributed by atoms with Crippen LogP contribution in [-0.4, -0.2) is 101 Å². The summed E-state index contributed by atoms with van der Waals surface area (Å²) in [5, 5.41) is 22.1. The first-order valence-corrected chi connectivity index (χ1v) is 16.8. The molecule has 0 bridgehead atoms. The molecule has 1 aromatic rings. The Morgan fingerprint density at radius 1 is 0.849 bits per heavy atom. The van der Waals surface area contributed by atoms with E-state index < -0.39 is 89.7 Å². The van der Waals surface area contributed by atoms with Gasteiger partial charge < -0.3 is 46.9 Å². The van der Waals surface area contributed by atoms with Crippen LogP contribution < -0.4 is 32.3 Å². The van der Waals surface area contributed by atoms with Gasteiger partial charge in [-0.25, -0.2) is 14.4 Å². The minimum absolute atomic E-state index is 0.0683. The van der Waals surface area contributed by atoms with Crippen molar-refractivity contribution in [3.05, 3.63) is 42.0 Å². The topological polar surface area (TPSA) is 282 Å². The Balaban J connectivity index is 2.05. The summed E-state index contributed by atoms with van der Waals surface area (Å²) in [4.78, 5) is 111. The predicted molar refractivity (Wildman–Crippen MR) is 186 cm³/mol. The van der Waals surface area contributed by atoms with E-state index in [0.717, 1.165) is 24.0 Å². The average Bonchev–Trinajstić information content (AvgIpc) is 3.40. The van der Waals surface area contributed by atoms with E-state index in [-0.39, 0.29) is 39.0 Å². The number of urea groups is 1. The molecule has 1 aromatic carbocycles. The van der Waals surface area contributed by atoms with E-state index in [0.29, 0.717) is 11.3 Å². The van der Waals surface area contributed by atoms with Gasteiger partial charge in [-0.3, -0.25) is 33.7 Å². The van der Waals surface area contributed by atoms with Crippen LogP contribution in [0.3, 0.4) is 0 Å². The first kappa shape index (κ1) is 43.2. The third-order valence-electron chi connectivity index (χ3n) is 7.75. The number of imide groups is 1. The molecule has 290 valence electrons. The second kappa shape index (κ2) is 20.7. The number of primary amides is 1. The summed E-state index contributed by atoms with van der Waals surface area (Å²) in [5.74, 6) is -5.88. The third kappa shape index (κ3) is 14.6. The maximum absolute atomic E-state index is 13.4. The highest BCUT2D eigenvalue weighted by Gasteiger charge is 2.35. The number of anilines is 1. The molecule has 2 rings (SSSR count). The van der Waals surface area contributed by atoms with Crippen molar-refractivity contribution in [1.29, 1.82) is 0 Å². The van der Waals surface area contributed by atoms with Gasteiger partial charge >= 0.3 is 18.2 Å². The molecule has 0 spiro atoms. The van der Waals surface area contributed by atoms with Crippen LogP contribution in [-0.2, 0) is 49.6 Å². The lowest BCUT2D eigenvalue weighted by Crippen LogP contribution is -2.54. The fourth-order valence-electron chi connectivity index (χ4n) is 4.99. The van der Waals surface area contributed by atoms with Gasteiger partial charge in [0.2, 0.25) is 23.6 Å². The number of carbonyl (C=O) groups is 9. The maximum Gasteiger partial charge on any atom is 0.508 e. The van der Waals surface area contributed by atoms with Gasteiger partial charge in [-0.05, 0) is 42.4 Å². The molecular formula is C34H47N7O12. The molecule has 4 atom stereocenters. The summed E-state index contributed by atoms with van der Waals surface area (Å²) in [6, 6.07) is 1.62. The first-order valence-electron chi connectivity index (χ1n) is 16.8. The number of carbonyl (C=O) groups excluding carboxylic acids is 8. The fraction of sp³-hybridized carbons (Fsp3) is 0.500. The lowest BCUT2D eigenvalue weighted by molar-refractivity contribution is -0.146. The van der Waals surface area contributed by atoms with Crippen LogP contribution in [0.25, 0.3) is 0 Å². The Morgan fingerprint density at radius 3 is 2.00 bits per heavy atom. The second-order valence-corrected chi connectivity index (χ2v) is 12.8. The molecule has 0 saturated heterocycles. The average molecular weight is 746 g/mol. The minimum Gasteiger partial charge on any atom is -0.480 e. The monoisotopic (exact) mass is 745 g/mol. The van der Waals surface area contributed by atoms with Gasteiger partial charge in [-0.15, -0.1) is 0 Å². The SMILES string of the molecule is CC(=O)N[C@H](C(=O)O)[C@H](OC(=O)OCc1ccc(NC(=O)C(CCCNC(N)=O)NC(=O)C(NC(=O)CCN2C(=O)C=CC2=O)C(C)C)cc1)C(C)C. The number of amides is 8. The van der Waals surface area contributed by atoms with E-state index in [9.17, 15) is 48.3 Å². The van der Waals surface area contributed by atoms with Crippen LogP contribution in [0.15, 0.2) is 36.4 Å². The van der Waals surface area contributed by atoms with E-state index in [4.69, 9.17) is 15.2 Å². The van der Waals surface area contributed by atoms with Crippen molar-refractivity contribution in [3.63, 3.8) is 0 Å². The summed E-state index contributed by atoms with van der Waals surface area (Å²) in [6.45, 7) is 7.38. The minimum atomic E-state index is -1.49. The van der Waals surface area contributed by atoms with Crippen molar-refractivity contribution in [3.8, 4) is 0 Å². The zero-order valence-corrected chi connectivity index (χ0v) is 30.1. The zero-order valence-electron chi connectivity index (χ0n) is 30.1. The molecule has 8 N–H and O–H groups in total. The number of carboxylic acid groups (broad SMARTS) is 1. The number of aliphatic carboxylic acids is 1. The summed E-state index contributed by atoms with van der Waals surface area (Å²) < 4.78 is 10.3. The summed E-state index contributed by atoms with van der Waals surface area (Å²) in [7, 11) is 0. The first-order chi connectivity index (χ1) is 24.9. The van der Waals surface area contributed by atoms with Crippen molar-refractivity contribution < 1.29 is 57.7 Å². The van der Waals surface area contributed by atoms with Gasteiger partial charge in [-0.1, -0.05) is 39.8 Å². The zero-order chi connectivity index (χ0) is 39.8. The highest BCUT2D eigenvalue weighted by Crippen LogP contribution is 2.16. The summed E-state index contributed by atoms with van der Waals surface area (Å²) in [6.07, 6.45) is -0.120. The van der Waals surface area contributed by atoms with E-state index in [1.807, 2.05) is 0 Å². The molecule has 0 aliphatic carbocycles. The summed E-state index contributed by atoms with van der Waals surface area (Å²) >= 11 is 0. The van der Waals surface area contributed by atoms with Crippen molar-refractivity contribution in [2.24, 2.45) is 17.6 Å². The number of nitrogens with zero attached hydrogens (tertiary/aromatic N) is 1. The van der Waals surface area contributed by atoms with Gasteiger partial charge in [-0.2, -0.15) is 0 Å². The van der Waals surface area contributed by atoms with Crippen LogP contribution in [0, 0.1) is 11.8 Å². The Bertz CT molecular complexity index is 1540. The van der Waals surface area contributed by atoms with Gasteiger partial charge in [0.1, 0.15) is 24.8 Å². The second-order valence-electron chi connectivity index (χ2n) is 12.8. The highest BCUT2D eigenvalue weighted by molar-refractivity contribution is 6.13. The molecule has 1 heterocycles. The van der Waals surface area contributed by atoms with Crippen molar-refractivity contribution >= 4 is 59.3 Å². The Morgan fingerprint density at radius 2 is 1.47 bits per heavy atom. The number of nitrogens with one attached hydrogen (secondary N) is 5. The number of nitrogens with two attached hydrogens (primary N) is 1. The van der Waals surface area contributed by atoms with Crippen LogP contribution in [0.2, 0.25) is 0 Å². The van der Waals surface area contributed by atoms with Crippen molar-refractivity contribution in [1.82, 2.24) is 26.2 Å². The van der Waals surface area contributed by atoms with E-state index in [2.05, 4.69) is 26.6 Å². The van der Waals surface area contributed by atoms with Crippen molar-refractivity contribution in [2.75, 3.05) is 18.4 Å². The number of carboxylic acids is 1. The number of benzene rings is 1. The number of rotatable bonds is 20. The Hall–Kier alpha value is -6.01. The molecule has 0 fully saturated rings. The standard InChI is InChI=1S/C34H47N7O12/c1-18(2)27(40-24(43)14-16-41-25(44)12-13-26(41)45)31(47)39-23(7-6-15-36-33(35)50)30(46)38-22-10-8-21(9-11-22)17-52-34(51)53-29(19(3)4)28(32(48)49)37-20(5)42/h8-13,18-19,23,27-29H,6-7,14-17H2,1-5H3,(H,37,42)(H,38,46)(H,39,47)(H,40,43)(H,48,49)(H3,35,36,50)/t23?,27?,28-,29+/m0/s1. The van der Waals surface area contributed by atoms with Gasteiger partial charge in [0.15, 0.2) is 6.04 Å². The summed E-state index contributed by atoms with van der Waals surface area (Å²) in [5.41, 5.74) is 5.91. The molecule has 0 radical (unpaired) electrons. The van der Waals surface area contributed by atoms with Crippen LogP contribution >= 0.6 is 0 Å². The van der Waals surface area contributed by atoms with Crippen LogP contribution in [0.4, 0.5) is 15.3 Å². The van der Waals surface area contributed by atoms with E-state index >= 15 is 0 Å². The Kier molecular flexibility index (Phi) is 16.9. The smallest absolute Gasteiger partial charge is 0.480 e. The van der Waals surface area contributed by atoms with Gasteiger partial charge in [0, 0.05) is 44.3 Å². The molecule has 1 aliphatic heterocycles. The quantitative estimate of drug-likeness (QED) is 0.0539. The van der Waals surface area contributed by atoms with Crippen LogP contribution in [0.5, 0.6) is 0 Å². The maximum atomic E-state index is 13.4. The van der Waals surface area contributed by atoms with Crippen molar-refractivity contribution in [2.45, 2.75) is 84.7 Å². The molecule has 8 amide bonds. The molecule has 53 heavy (non-hydrogen) atoms. The molecule has 19 heteroatoms. The van der Waals surface area contributed by atoms with Crippen LogP contribution in [0.1, 0.15) is 59.4 Å². The number of hydrogen-bond acceptors (Lipinski definition) is 11. The Labute approximate surface area is 305 Å². The molecule has 1 aliphatic rings. The van der Waals surface area contributed by atoms with Gasteiger partial charge in [0.05, 0.1) is 0 Å². The molecular weight excluding hydrogens is 698 g/mol. The molecule has 2 unspecified atom stereocenters. The lowest BCUT2D eigenvalue weighted by Gasteiger charge is -2.27. The molecule has 19 nitrogen and oxygen atoms in total. The molecule has 0 aromatic heterocycles. The largest absolute Gasteiger partial charge is 0.508 e. The normalized spacial score (nSPS) is 14.5. The van der Waals surface area contributed by atoms with E-state index in [1.165, 1.54) is 24.3 Å². The van der Waals surface area contributed by atoms with E-state index in [1.54, 1.807) is 27.7 Å². The third-order valence-corrected chi connectivity index (χ3v) is 7.75. The number of ether oxygens (including phenoxy) is 2. The molecule has 0 saturated carbocycles. The lowest BCUT2D eigenvalue weighted by atomic mass is 9.99. The fourth-order valence-corrected chi connectivity index (χ4v) is 4.99. The van der Waals surface area contributed by atoms with Gasteiger partial charge in [0.25, 0.3) is 11.8 Å². The highest BCUT2D eigenvalue weighted by atomic mass is 16.7.